The largest absolute Gasteiger partial charge is 0.493 e. The fraction of sp³-hybridized carbons (Fsp3) is 0.267. The zero-order valence-electron chi connectivity index (χ0n) is 11.8. The van der Waals surface area contributed by atoms with Crippen LogP contribution in [-0.2, 0) is 6.61 Å². The number of anilines is 1. The summed E-state index contributed by atoms with van der Waals surface area (Å²) in [5.41, 5.74) is 8.22. The minimum atomic E-state index is 0.258. The van der Waals surface area contributed by atoms with Gasteiger partial charge in [0.1, 0.15) is 18.1 Å². The van der Waals surface area contributed by atoms with Gasteiger partial charge in [-0.2, -0.15) is 0 Å². The van der Waals surface area contributed by atoms with Gasteiger partial charge in [0.15, 0.2) is 11.5 Å². The predicted octanol–water partition coefficient (Wildman–Crippen LogP) is 2.57. The van der Waals surface area contributed by atoms with E-state index in [0.29, 0.717) is 28.6 Å². The van der Waals surface area contributed by atoms with Gasteiger partial charge < -0.3 is 19.9 Å². The molecule has 5 nitrogen and oxygen atoms in total. The summed E-state index contributed by atoms with van der Waals surface area (Å²) in [4.78, 5) is 4.25. The average molecular weight is 274 g/mol. The van der Waals surface area contributed by atoms with Crippen LogP contribution in [-0.4, -0.2) is 19.2 Å². The molecule has 0 bridgehead atoms. The van der Waals surface area contributed by atoms with Gasteiger partial charge in [-0.15, -0.1) is 0 Å². The van der Waals surface area contributed by atoms with E-state index in [1.54, 1.807) is 26.5 Å². The lowest BCUT2D eigenvalue weighted by Crippen LogP contribution is -2.04. The van der Waals surface area contributed by atoms with Gasteiger partial charge in [0.25, 0.3) is 0 Å². The second-order valence-electron chi connectivity index (χ2n) is 4.32. The zero-order chi connectivity index (χ0) is 14.5. The Labute approximate surface area is 118 Å². The monoisotopic (exact) mass is 274 g/mol. The summed E-state index contributed by atoms with van der Waals surface area (Å²) in [6, 6.07) is 7.39. The maximum Gasteiger partial charge on any atom is 0.185 e. The van der Waals surface area contributed by atoms with Crippen LogP contribution in [0.15, 0.2) is 30.5 Å². The van der Waals surface area contributed by atoms with E-state index in [9.17, 15) is 0 Å². The van der Waals surface area contributed by atoms with Crippen LogP contribution in [0.5, 0.6) is 17.2 Å². The third-order valence-corrected chi connectivity index (χ3v) is 2.90. The number of nitrogen functional groups attached to an aromatic ring is 1. The van der Waals surface area contributed by atoms with Crippen LogP contribution < -0.4 is 19.9 Å². The van der Waals surface area contributed by atoms with Gasteiger partial charge >= 0.3 is 0 Å². The summed E-state index contributed by atoms with van der Waals surface area (Å²) >= 11 is 0. The molecule has 2 aromatic rings. The van der Waals surface area contributed by atoms with Gasteiger partial charge in [-0.05, 0) is 24.6 Å². The van der Waals surface area contributed by atoms with Crippen molar-refractivity contribution in [1.29, 1.82) is 0 Å². The van der Waals surface area contributed by atoms with E-state index in [1.165, 1.54) is 0 Å². The number of benzene rings is 1. The molecule has 0 saturated heterocycles. The summed E-state index contributed by atoms with van der Waals surface area (Å²) in [5, 5.41) is 0. The molecule has 2 rings (SSSR count). The molecule has 1 aromatic heterocycles. The van der Waals surface area contributed by atoms with Crippen molar-refractivity contribution < 1.29 is 14.2 Å². The number of hydrogen-bond donors (Lipinski definition) is 1. The Bertz CT molecular complexity index is 600. The molecule has 1 aromatic carbocycles. The number of ether oxygens (including phenoxy) is 3. The van der Waals surface area contributed by atoms with E-state index in [4.69, 9.17) is 19.9 Å². The second kappa shape index (κ2) is 6.14. The molecule has 0 aliphatic rings. The fourth-order valence-electron chi connectivity index (χ4n) is 1.87. The number of nitrogens with two attached hydrogens (primary N) is 1. The maximum absolute atomic E-state index is 5.88. The molecule has 0 unspecified atom stereocenters. The molecule has 2 N–H and O–H groups in total. The zero-order valence-corrected chi connectivity index (χ0v) is 11.8. The highest BCUT2D eigenvalue weighted by Gasteiger charge is 2.12. The highest BCUT2D eigenvalue weighted by atomic mass is 16.5. The number of aryl methyl sites for hydroxylation is 1. The Balaban J connectivity index is 2.20. The molecule has 5 heteroatoms. The van der Waals surface area contributed by atoms with E-state index < -0.39 is 0 Å². The van der Waals surface area contributed by atoms with Crippen LogP contribution in [0.4, 0.5) is 5.69 Å². The lowest BCUT2D eigenvalue weighted by Gasteiger charge is -2.13. The molecule has 0 aliphatic heterocycles. The second-order valence-corrected chi connectivity index (χ2v) is 4.32. The van der Waals surface area contributed by atoms with Crippen LogP contribution in [0.1, 0.15) is 11.3 Å². The summed E-state index contributed by atoms with van der Waals surface area (Å²) in [6.45, 7) is 2.24. The van der Waals surface area contributed by atoms with E-state index in [0.717, 1.165) is 5.56 Å². The van der Waals surface area contributed by atoms with Gasteiger partial charge in [0, 0.05) is 12.3 Å². The molecule has 0 atom stereocenters. The number of pyridine rings is 1. The van der Waals surface area contributed by atoms with Crippen molar-refractivity contribution in [3.05, 3.63) is 41.7 Å². The minimum absolute atomic E-state index is 0.258. The lowest BCUT2D eigenvalue weighted by molar-refractivity contribution is 0.286. The summed E-state index contributed by atoms with van der Waals surface area (Å²) in [6.07, 6.45) is 1.65. The van der Waals surface area contributed by atoms with Crippen LogP contribution in [0, 0.1) is 6.92 Å². The number of nitrogens with zero attached hydrogens (tertiary/aromatic N) is 1. The fourth-order valence-corrected chi connectivity index (χ4v) is 1.87. The number of aromatic nitrogens is 1. The summed E-state index contributed by atoms with van der Waals surface area (Å²) in [7, 11) is 3.16. The molecule has 0 aliphatic carbocycles. The van der Waals surface area contributed by atoms with Gasteiger partial charge in [0.05, 0.1) is 19.9 Å². The molecule has 0 spiro atoms. The lowest BCUT2D eigenvalue weighted by atomic mass is 10.2. The highest BCUT2D eigenvalue weighted by Crippen LogP contribution is 2.30. The molecule has 0 amide bonds. The first-order chi connectivity index (χ1) is 9.65. The first-order valence-corrected chi connectivity index (χ1v) is 6.20. The third-order valence-electron chi connectivity index (χ3n) is 2.90. The first kappa shape index (κ1) is 14.0. The SMILES string of the molecule is COc1ccnc(COc2cc(C)ccc2N)c1OC. The topological polar surface area (TPSA) is 66.6 Å². The van der Waals surface area contributed by atoms with Crippen LogP contribution in [0.3, 0.4) is 0 Å². The van der Waals surface area contributed by atoms with Crippen molar-refractivity contribution in [3.8, 4) is 17.2 Å². The van der Waals surface area contributed by atoms with Crippen LogP contribution >= 0.6 is 0 Å². The van der Waals surface area contributed by atoms with Crippen molar-refractivity contribution >= 4 is 5.69 Å². The Morgan fingerprint density at radius 2 is 1.90 bits per heavy atom. The van der Waals surface area contributed by atoms with Crippen molar-refractivity contribution in [2.45, 2.75) is 13.5 Å². The average Bonchev–Trinajstić information content (AvgIpc) is 2.47. The Hall–Kier alpha value is -2.43. The standard InChI is InChI=1S/C15H18N2O3/c1-10-4-5-11(16)14(8-10)20-9-12-15(19-3)13(18-2)6-7-17-12/h4-8H,9,16H2,1-3H3. The van der Waals surface area contributed by atoms with Crippen molar-refractivity contribution in [2.24, 2.45) is 0 Å². The minimum Gasteiger partial charge on any atom is -0.493 e. The molecule has 0 saturated carbocycles. The van der Waals surface area contributed by atoms with E-state index in [-0.39, 0.29) is 6.61 Å². The Kier molecular flexibility index (Phi) is 4.30. The van der Waals surface area contributed by atoms with Crippen LogP contribution in [0.25, 0.3) is 0 Å². The predicted molar refractivity (Wildman–Crippen MR) is 77.3 cm³/mol. The van der Waals surface area contributed by atoms with E-state index >= 15 is 0 Å². The first-order valence-electron chi connectivity index (χ1n) is 6.20. The summed E-state index contributed by atoms with van der Waals surface area (Å²) in [5.74, 6) is 1.83. The number of rotatable bonds is 5. The van der Waals surface area contributed by atoms with Gasteiger partial charge in [0.2, 0.25) is 0 Å². The molecule has 1 heterocycles. The molecule has 0 radical (unpaired) electrons. The number of hydrogen-bond acceptors (Lipinski definition) is 5. The van der Waals surface area contributed by atoms with Gasteiger partial charge in [-0.3, -0.25) is 4.98 Å². The van der Waals surface area contributed by atoms with Gasteiger partial charge in [-0.1, -0.05) is 6.07 Å². The van der Waals surface area contributed by atoms with E-state index in [2.05, 4.69) is 4.98 Å². The number of methoxy groups -OCH3 is 2. The Morgan fingerprint density at radius 1 is 1.10 bits per heavy atom. The smallest absolute Gasteiger partial charge is 0.185 e. The van der Waals surface area contributed by atoms with E-state index in [1.807, 2.05) is 25.1 Å². The van der Waals surface area contributed by atoms with Crippen molar-refractivity contribution in [3.63, 3.8) is 0 Å². The van der Waals surface area contributed by atoms with Crippen molar-refractivity contribution in [2.75, 3.05) is 20.0 Å². The Morgan fingerprint density at radius 3 is 2.60 bits per heavy atom. The molecular weight excluding hydrogens is 256 g/mol. The molecule has 20 heavy (non-hydrogen) atoms. The van der Waals surface area contributed by atoms with Crippen molar-refractivity contribution in [1.82, 2.24) is 4.98 Å². The third kappa shape index (κ3) is 2.93. The van der Waals surface area contributed by atoms with Gasteiger partial charge in [-0.25, -0.2) is 0 Å². The highest BCUT2D eigenvalue weighted by molar-refractivity contribution is 5.54. The maximum atomic E-state index is 5.88. The normalized spacial score (nSPS) is 10.2. The summed E-state index contributed by atoms with van der Waals surface area (Å²) < 4.78 is 16.3. The molecular formula is C15H18N2O3. The molecule has 106 valence electrons. The quantitative estimate of drug-likeness (QED) is 0.849. The molecule has 0 fully saturated rings. The van der Waals surface area contributed by atoms with Crippen LogP contribution in [0.2, 0.25) is 0 Å².